The maximum absolute atomic E-state index is 9.49. The molecule has 0 aromatic carbocycles. The lowest BCUT2D eigenvalue weighted by Crippen LogP contribution is -2.35. The molecule has 110 valence electrons. The summed E-state index contributed by atoms with van der Waals surface area (Å²) in [5.41, 5.74) is 0. The maximum atomic E-state index is 9.49. The Morgan fingerprint density at radius 2 is 1.67 bits per heavy atom. The molecular weight excluding hydrogens is 236 g/mol. The molecule has 5 nitrogen and oxygen atoms in total. The van der Waals surface area contributed by atoms with E-state index in [0.717, 1.165) is 0 Å². The highest BCUT2D eigenvalue weighted by Crippen LogP contribution is 2.17. The highest BCUT2D eigenvalue weighted by atomic mass is 16.7. The fourth-order valence-electron chi connectivity index (χ4n) is 1.48. The lowest BCUT2D eigenvalue weighted by Gasteiger charge is -2.30. The van der Waals surface area contributed by atoms with E-state index in [1.165, 1.54) is 0 Å². The van der Waals surface area contributed by atoms with E-state index in [1.54, 1.807) is 28.1 Å². The number of aliphatic hydroxyl groups is 1. The van der Waals surface area contributed by atoms with Crippen molar-refractivity contribution in [2.45, 2.75) is 64.8 Å². The van der Waals surface area contributed by atoms with E-state index in [0.29, 0.717) is 13.0 Å². The van der Waals surface area contributed by atoms with E-state index in [1.807, 2.05) is 20.8 Å². The molecule has 1 N–H and O–H groups in total. The van der Waals surface area contributed by atoms with E-state index in [4.69, 9.17) is 18.9 Å². The van der Waals surface area contributed by atoms with Gasteiger partial charge in [0.1, 0.15) is 0 Å². The topological polar surface area (TPSA) is 57.2 Å². The Kier molecular flexibility index (Phi) is 7.32. The van der Waals surface area contributed by atoms with Crippen molar-refractivity contribution in [1.82, 2.24) is 0 Å². The van der Waals surface area contributed by atoms with Crippen LogP contribution in [0.2, 0.25) is 0 Å². The minimum Gasteiger partial charge on any atom is -0.379 e. The third kappa shape index (κ3) is 8.83. The first-order valence-corrected chi connectivity index (χ1v) is 6.21. The molecule has 18 heavy (non-hydrogen) atoms. The third-order valence-corrected chi connectivity index (χ3v) is 2.53. The zero-order valence-electron chi connectivity index (χ0n) is 12.6. The van der Waals surface area contributed by atoms with Crippen molar-refractivity contribution in [1.29, 1.82) is 0 Å². The summed E-state index contributed by atoms with van der Waals surface area (Å²) in [5, 5.41) is 9.49. The van der Waals surface area contributed by atoms with Gasteiger partial charge in [0.25, 0.3) is 0 Å². The van der Waals surface area contributed by atoms with Crippen LogP contribution in [0.25, 0.3) is 0 Å². The van der Waals surface area contributed by atoms with Crippen LogP contribution in [0.4, 0.5) is 0 Å². The van der Waals surface area contributed by atoms with Crippen molar-refractivity contribution in [3.05, 3.63) is 0 Å². The molecule has 0 aliphatic rings. The first-order chi connectivity index (χ1) is 8.09. The zero-order chi connectivity index (χ0) is 14.4. The predicted molar refractivity (Wildman–Crippen MR) is 69.3 cm³/mol. The van der Waals surface area contributed by atoms with E-state index in [-0.39, 0.29) is 12.2 Å². The number of hydrogen-bond acceptors (Lipinski definition) is 5. The quantitative estimate of drug-likeness (QED) is 0.645. The Labute approximate surface area is 110 Å². The first kappa shape index (κ1) is 17.8. The van der Waals surface area contributed by atoms with Gasteiger partial charge in [-0.1, -0.05) is 0 Å². The van der Waals surface area contributed by atoms with Crippen molar-refractivity contribution >= 4 is 0 Å². The van der Waals surface area contributed by atoms with Crippen molar-refractivity contribution in [3.8, 4) is 0 Å². The molecule has 0 saturated carbocycles. The summed E-state index contributed by atoms with van der Waals surface area (Å²) >= 11 is 0. The SMILES string of the molecule is CO[C@@H](COC(C)(C)O)CC(C)OC(C)(C)OC. The fraction of sp³-hybridized carbons (Fsp3) is 1.00. The molecule has 0 bridgehead atoms. The normalized spacial score (nSPS) is 16.7. The summed E-state index contributed by atoms with van der Waals surface area (Å²) in [6, 6.07) is 0. The van der Waals surface area contributed by atoms with Crippen molar-refractivity contribution in [3.63, 3.8) is 0 Å². The molecule has 0 spiro atoms. The van der Waals surface area contributed by atoms with Gasteiger partial charge >= 0.3 is 0 Å². The van der Waals surface area contributed by atoms with E-state index >= 15 is 0 Å². The minimum atomic E-state index is -1.15. The van der Waals surface area contributed by atoms with E-state index in [9.17, 15) is 5.11 Å². The van der Waals surface area contributed by atoms with Crippen LogP contribution in [0.15, 0.2) is 0 Å². The Morgan fingerprint density at radius 1 is 1.11 bits per heavy atom. The lowest BCUT2D eigenvalue weighted by atomic mass is 10.1. The predicted octanol–water partition coefficient (Wildman–Crippen LogP) is 1.92. The second-order valence-electron chi connectivity index (χ2n) is 5.38. The van der Waals surface area contributed by atoms with Gasteiger partial charge in [-0.3, -0.25) is 0 Å². The van der Waals surface area contributed by atoms with Gasteiger partial charge in [0.2, 0.25) is 0 Å². The van der Waals surface area contributed by atoms with E-state index < -0.39 is 11.6 Å². The van der Waals surface area contributed by atoms with E-state index in [2.05, 4.69) is 0 Å². The Balaban J connectivity index is 4.12. The molecule has 2 atom stereocenters. The zero-order valence-corrected chi connectivity index (χ0v) is 12.6. The Morgan fingerprint density at radius 3 is 2.06 bits per heavy atom. The van der Waals surface area contributed by atoms with Gasteiger partial charge in [-0.2, -0.15) is 0 Å². The molecule has 5 heteroatoms. The molecule has 0 aromatic rings. The molecule has 0 amide bonds. The smallest absolute Gasteiger partial charge is 0.162 e. The van der Waals surface area contributed by atoms with Crippen LogP contribution in [0.1, 0.15) is 41.0 Å². The molecular formula is C13H28O5. The molecule has 0 heterocycles. The van der Waals surface area contributed by atoms with Gasteiger partial charge in [0.05, 0.1) is 18.8 Å². The number of rotatable bonds is 9. The molecule has 0 aliphatic carbocycles. The average molecular weight is 264 g/mol. The monoisotopic (exact) mass is 264 g/mol. The largest absolute Gasteiger partial charge is 0.379 e. The molecule has 0 radical (unpaired) electrons. The highest BCUT2D eigenvalue weighted by molar-refractivity contribution is 4.66. The molecule has 0 rings (SSSR count). The standard InChI is InChI=1S/C13H28O5/c1-10(18-13(4,5)16-7)8-11(15-6)9-17-12(2,3)14/h10-11,14H,8-9H2,1-7H3/t10?,11-/m1/s1. The average Bonchev–Trinajstić information content (AvgIpc) is 2.22. The number of hydrogen-bond donors (Lipinski definition) is 1. The van der Waals surface area contributed by atoms with Gasteiger partial charge in [-0.25, -0.2) is 0 Å². The van der Waals surface area contributed by atoms with Gasteiger partial charge in [-0.05, 0) is 34.6 Å². The third-order valence-electron chi connectivity index (χ3n) is 2.53. The van der Waals surface area contributed by atoms with Crippen LogP contribution in [-0.2, 0) is 18.9 Å². The van der Waals surface area contributed by atoms with Gasteiger partial charge in [-0.15, -0.1) is 0 Å². The van der Waals surface area contributed by atoms with Crippen LogP contribution in [0.3, 0.4) is 0 Å². The Hall–Kier alpha value is -0.200. The number of ether oxygens (including phenoxy) is 4. The highest BCUT2D eigenvalue weighted by Gasteiger charge is 2.24. The van der Waals surface area contributed by atoms with Crippen molar-refractivity contribution in [2.75, 3.05) is 20.8 Å². The lowest BCUT2D eigenvalue weighted by molar-refractivity contribution is -0.230. The molecule has 0 fully saturated rings. The fourth-order valence-corrected chi connectivity index (χ4v) is 1.48. The minimum absolute atomic E-state index is 0.0321. The number of methoxy groups -OCH3 is 2. The second kappa shape index (κ2) is 7.40. The van der Waals surface area contributed by atoms with Gasteiger partial charge < -0.3 is 24.1 Å². The summed E-state index contributed by atoms with van der Waals surface area (Å²) in [7, 11) is 3.23. The van der Waals surface area contributed by atoms with Crippen LogP contribution >= 0.6 is 0 Å². The van der Waals surface area contributed by atoms with Crippen LogP contribution in [-0.4, -0.2) is 49.7 Å². The van der Waals surface area contributed by atoms with Crippen molar-refractivity contribution < 1.29 is 24.1 Å². The summed E-state index contributed by atoms with van der Waals surface area (Å²) in [4.78, 5) is 0. The van der Waals surface area contributed by atoms with Gasteiger partial charge in [0, 0.05) is 20.6 Å². The summed E-state index contributed by atoms with van der Waals surface area (Å²) in [6.07, 6.45) is 0.508. The molecule has 0 aliphatic heterocycles. The van der Waals surface area contributed by atoms with Crippen LogP contribution in [0.5, 0.6) is 0 Å². The van der Waals surface area contributed by atoms with Gasteiger partial charge in [0.15, 0.2) is 11.6 Å². The second-order valence-corrected chi connectivity index (χ2v) is 5.38. The van der Waals surface area contributed by atoms with Crippen LogP contribution < -0.4 is 0 Å². The Bertz CT molecular complexity index is 222. The molecule has 0 saturated heterocycles. The summed E-state index contributed by atoms with van der Waals surface area (Å²) in [6.45, 7) is 9.18. The van der Waals surface area contributed by atoms with Crippen LogP contribution in [0, 0.1) is 0 Å². The summed E-state index contributed by atoms with van der Waals surface area (Å²) in [5.74, 6) is -1.76. The maximum Gasteiger partial charge on any atom is 0.162 e. The first-order valence-electron chi connectivity index (χ1n) is 6.21. The molecule has 0 aromatic heterocycles. The summed E-state index contributed by atoms with van der Waals surface area (Å²) < 4.78 is 21.5. The molecule has 1 unspecified atom stereocenters. The van der Waals surface area contributed by atoms with Crippen molar-refractivity contribution in [2.24, 2.45) is 0 Å².